The number of fused-ring (bicyclic) bond motifs is 1. The third-order valence-electron chi connectivity index (χ3n) is 6.72. The van der Waals surface area contributed by atoms with Crippen LogP contribution in [0.15, 0.2) is 78.9 Å². The Bertz CT molecular complexity index is 1470. The molecule has 4 aromatic rings. The predicted molar refractivity (Wildman–Crippen MR) is 166 cm³/mol. The third-order valence-corrected chi connectivity index (χ3v) is 8.36. The summed E-state index contributed by atoms with van der Waals surface area (Å²) < 4.78 is 5.20. The van der Waals surface area contributed by atoms with Crippen LogP contribution in [0.3, 0.4) is 0 Å². The molecule has 1 aromatic heterocycles. The smallest absolute Gasteiger partial charge is 0.333 e. The Kier molecular flexibility index (Phi) is 10.8. The number of pyridine rings is 1. The summed E-state index contributed by atoms with van der Waals surface area (Å²) in [6.45, 7) is 1.80. The lowest BCUT2D eigenvalue weighted by Gasteiger charge is -2.21. The highest BCUT2D eigenvalue weighted by Gasteiger charge is 2.21. The molecular weight excluding hydrogens is 542 g/mol. The quantitative estimate of drug-likeness (QED) is 0.172. The highest BCUT2D eigenvalue weighted by molar-refractivity contribution is 7.99. The molecule has 0 radical (unpaired) electrons. The Morgan fingerprint density at radius 3 is 2.55 bits per heavy atom. The van der Waals surface area contributed by atoms with E-state index in [0.717, 1.165) is 46.1 Å². The van der Waals surface area contributed by atoms with Crippen molar-refractivity contribution in [2.75, 3.05) is 12.9 Å². The van der Waals surface area contributed by atoms with Crippen LogP contribution in [0.2, 0.25) is 5.02 Å². The van der Waals surface area contributed by atoms with Crippen LogP contribution in [-0.2, 0) is 22.4 Å². The molecule has 3 aromatic carbocycles. The Labute approximate surface area is 244 Å². The first-order valence-corrected chi connectivity index (χ1v) is 14.7. The number of nitrogens with zero attached hydrogens (tertiary/aromatic N) is 1. The van der Waals surface area contributed by atoms with E-state index in [9.17, 15) is 15.0 Å². The molecule has 2 N–H and O–H groups in total. The minimum absolute atomic E-state index is 0.0610. The zero-order valence-electron chi connectivity index (χ0n) is 22.7. The molecule has 208 valence electrons. The molecule has 1 heterocycles. The Hall–Kier alpha value is -3.16. The van der Waals surface area contributed by atoms with Crippen LogP contribution < -0.4 is 0 Å². The summed E-state index contributed by atoms with van der Waals surface area (Å²) >= 11 is 7.74. The van der Waals surface area contributed by atoms with Gasteiger partial charge in [-0.3, -0.25) is 0 Å². The van der Waals surface area contributed by atoms with Crippen LogP contribution in [0.5, 0.6) is 0 Å². The summed E-state index contributed by atoms with van der Waals surface area (Å²) in [5.74, 6) is -0.619. The van der Waals surface area contributed by atoms with E-state index in [1.807, 2.05) is 66.7 Å². The number of aliphatic hydroxyl groups excluding tert-OH is 1. The fourth-order valence-electron chi connectivity index (χ4n) is 4.64. The van der Waals surface area contributed by atoms with Gasteiger partial charge < -0.3 is 14.9 Å². The van der Waals surface area contributed by atoms with Gasteiger partial charge in [0, 0.05) is 28.5 Å². The number of hydrogen-bond donors (Lipinski definition) is 2. The van der Waals surface area contributed by atoms with Crippen molar-refractivity contribution in [3.05, 3.63) is 112 Å². The van der Waals surface area contributed by atoms with E-state index in [2.05, 4.69) is 24.3 Å². The minimum atomic E-state index is -0.961. The first kappa shape index (κ1) is 29.8. The number of aliphatic carboxylic acids is 1. The van der Waals surface area contributed by atoms with Gasteiger partial charge in [0.2, 0.25) is 0 Å². The normalized spacial score (nSPS) is 13.9. The third kappa shape index (κ3) is 8.42. The lowest BCUT2D eigenvalue weighted by molar-refractivity contribution is -0.146. The fourth-order valence-corrected chi connectivity index (χ4v) is 6.11. The van der Waals surface area contributed by atoms with Crippen LogP contribution >= 0.6 is 23.4 Å². The van der Waals surface area contributed by atoms with Gasteiger partial charge in [-0.1, -0.05) is 78.3 Å². The summed E-state index contributed by atoms with van der Waals surface area (Å²) in [4.78, 5) is 16.3. The van der Waals surface area contributed by atoms with Gasteiger partial charge >= 0.3 is 5.97 Å². The zero-order valence-corrected chi connectivity index (χ0v) is 24.2. The molecule has 5 nitrogen and oxygen atoms in total. The van der Waals surface area contributed by atoms with Gasteiger partial charge in [-0.15, -0.1) is 0 Å². The van der Waals surface area contributed by atoms with Crippen molar-refractivity contribution < 1.29 is 19.7 Å². The molecule has 4 rings (SSSR count). The maximum Gasteiger partial charge on any atom is 0.333 e. The average Bonchev–Trinajstić information content (AvgIpc) is 2.94. The molecule has 0 saturated carbocycles. The standard InChI is InChI=1S/C33H34ClNO4S/c1-22(36)18-26-8-4-3-7-24(26)13-17-32(40-21-31(39-2)33(37)38)27-9-5-6-23(19-27)10-15-29-16-12-25-11-14-28(34)20-30(25)35-29/h3-12,14-16,19-20,22,31-32,36H,13,17-18,21H2,1-2H3,(H,37,38). The largest absolute Gasteiger partial charge is 0.479 e. The number of aromatic nitrogens is 1. The Balaban J connectivity index is 1.55. The highest BCUT2D eigenvalue weighted by atomic mass is 35.5. The van der Waals surface area contributed by atoms with Crippen LogP contribution in [0, 0.1) is 0 Å². The molecular formula is C33H34ClNO4S. The van der Waals surface area contributed by atoms with Gasteiger partial charge in [-0.25, -0.2) is 9.78 Å². The van der Waals surface area contributed by atoms with E-state index in [-0.39, 0.29) is 5.25 Å². The number of ether oxygens (including phenoxy) is 1. The maximum atomic E-state index is 11.6. The SMILES string of the molecule is COC(CSC(CCc1ccccc1CC(C)O)c1cccc(C=Cc2ccc3ccc(Cl)cc3n2)c1)C(=O)O. The molecule has 0 aliphatic carbocycles. The number of carboxylic acids is 1. The fraction of sp³-hybridized carbons (Fsp3) is 0.273. The summed E-state index contributed by atoms with van der Waals surface area (Å²) in [5.41, 5.74) is 6.19. The van der Waals surface area contributed by atoms with Crippen molar-refractivity contribution in [2.24, 2.45) is 0 Å². The maximum absolute atomic E-state index is 11.6. The number of aliphatic hydroxyl groups is 1. The number of carboxylic acid groups (broad SMARTS) is 1. The molecule has 3 atom stereocenters. The molecule has 7 heteroatoms. The van der Waals surface area contributed by atoms with Crippen molar-refractivity contribution in [1.82, 2.24) is 4.98 Å². The number of benzene rings is 3. The molecule has 0 bridgehead atoms. The number of hydrogen-bond acceptors (Lipinski definition) is 5. The minimum Gasteiger partial charge on any atom is -0.479 e. The van der Waals surface area contributed by atoms with Crippen molar-refractivity contribution in [3.63, 3.8) is 0 Å². The van der Waals surface area contributed by atoms with Crippen LogP contribution in [0.1, 0.15) is 46.5 Å². The number of aryl methyl sites for hydroxylation is 1. The lowest BCUT2D eigenvalue weighted by Crippen LogP contribution is -2.25. The van der Waals surface area contributed by atoms with Crippen LogP contribution in [0.4, 0.5) is 0 Å². The second kappa shape index (κ2) is 14.5. The Morgan fingerprint density at radius 1 is 1.02 bits per heavy atom. The van der Waals surface area contributed by atoms with E-state index in [0.29, 0.717) is 17.2 Å². The van der Waals surface area contributed by atoms with Crippen molar-refractivity contribution >= 4 is 52.4 Å². The second-order valence-electron chi connectivity index (χ2n) is 9.82. The summed E-state index contributed by atoms with van der Waals surface area (Å²) in [6.07, 6.45) is 4.98. The topological polar surface area (TPSA) is 79.7 Å². The summed E-state index contributed by atoms with van der Waals surface area (Å²) in [6, 6.07) is 26.2. The van der Waals surface area contributed by atoms with E-state index in [1.54, 1.807) is 18.7 Å². The van der Waals surface area contributed by atoms with Crippen molar-refractivity contribution in [1.29, 1.82) is 0 Å². The first-order valence-electron chi connectivity index (χ1n) is 13.3. The lowest BCUT2D eigenvalue weighted by atomic mass is 9.96. The van der Waals surface area contributed by atoms with Gasteiger partial charge in [-0.05, 0) is 72.7 Å². The van der Waals surface area contributed by atoms with Gasteiger partial charge in [-0.2, -0.15) is 11.8 Å². The number of thioether (sulfide) groups is 1. The van der Waals surface area contributed by atoms with E-state index in [4.69, 9.17) is 21.3 Å². The second-order valence-corrected chi connectivity index (χ2v) is 11.5. The Morgan fingerprint density at radius 2 is 1.80 bits per heavy atom. The number of rotatable bonds is 13. The molecule has 0 fully saturated rings. The van der Waals surface area contributed by atoms with Gasteiger partial charge in [0.1, 0.15) is 0 Å². The molecule has 3 unspecified atom stereocenters. The number of carbonyl (C=O) groups is 1. The van der Waals surface area contributed by atoms with E-state index >= 15 is 0 Å². The molecule has 0 aliphatic heterocycles. The van der Waals surface area contributed by atoms with Gasteiger partial charge in [0.15, 0.2) is 6.10 Å². The molecule has 0 spiro atoms. The van der Waals surface area contributed by atoms with Crippen LogP contribution in [0.25, 0.3) is 23.1 Å². The molecule has 0 saturated heterocycles. The summed E-state index contributed by atoms with van der Waals surface area (Å²) in [7, 11) is 1.43. The summed E-state index contributed by atoms with van der Waals surface area (Å²) in [5, 5.41) is 21.2. The molecule has 40 heavy (non-hydrogen) atoms. The first-order chi connectivity index (χ1) is 19.3. The van der Waals surface area contributed by atoms with Crippen LogP contribution in [-0.4, -0.2) is 46.2 Å². The zero-order chi connectivity index (χ0) is 28.5. The molecule has 0 aliphatic rings. The van der Waals surface area contributed by atoms with Crippen molar-refractivity contribution in [3.8, 4) is 0 Å². The van der Waals surface area contributed by atoms with E-state index in [1.165, 1.54) is 12.7 Å². The number of halogens is 1. The van der Waals surface area contributed by atoms with Crippen molar-refractivity contribution in [2.45, 2.75) is 43.6 Å². The van der Waals surface area contributed by atoms with E-state index < -0.39 is 18.2 Å². The van der Waals surface area contributed by atoms with Gasteiger partial charge in [0.05, 0.1) is 17.3 Å². The predicted octanol–water partition coefficient (Wildman–Crippen LogP) is 7.49. The number of methoxy groups -OCH3 is 1. The van der Waals surface area contributed by atoms with Gasteiger partial charge in [0.25, 0.3) is 0 Å². The average molecular weight is 576 g/mol. The molecule has 0 amide bonds. The monoisotopic (exact) mass is 575 g/mol. The highest BCUT2D eigenvalue weighted by Crippen LogP contribution is 2.35.